The minimum atomic E-state index is 0.0471. The maximum absolute atomic E-state index is 11.3. The van der Waals surface area contributed by atoms with Crippen molar-refractivity contribution in [1.29, 1.82) is 0 Å². The molecule has 0 unspecified atom stereocenters. The molecule has 0 amide bonds. The van der Waals surface area contributed by atoms with Gasteiger partial charge in [-0.25, -0.2) is 0 Å². The summed E-state index contributed by atoms with van der Waals surface area (Å²) < 4.78 is 2.40. The predicted octanol–water partition coefficient (Wildman–Crippen LogP) is 3.86. The zero-order valence-electron chi connectivity index (χ0n) is 10.7. The normalized spacial score (nSPS) is 10.7. The van der Waals surface area contributed by atoms with Crippen LogP contribution in [-0.2, 0) is 0 Å². The minimum absolute atomic E-state index is 0.0471. The number of carbonyl (C=O) groups is 1. The molecule has 0 radical (unpaired) electrons. The van der Waals surface area contributed by atoms with Gasteiger partial charge in [-0.1, -0.05) is 6.07 Å². The second-order valence-electron chi connectivity index (χ2n) is 4.27. The Morgan fingerprint density at radius 2 is 2.05 bits per heavy atom. The van der Waals surface area contributed by atoms with E-state index in [9.17, 15) is 4.79 Å². The van der Waals surface area contributed by atoms with E-state index >= 15 is 0 Å². The van der Waals surface area contributed by atoms with Crippen molar-refractivity contribution in [2.75, 3.05) is 0 Å². The number of ketones is 1. The summed E-state index contributed by atoms with van der Waals surface area (Å²) in [6, 6.07) is 11.3. The van der Waals surface area contributed by atoms with Gasteiger partial charge in [-0.3, -0.25) is 14.5 Å². The van der Waals surface area contributed by atoms with Gasteiger partial charge in [0.25, 0.3) is 0 Å². The Morgan fingerprint density at radius 3 is 2.65 bits per heavy atom. The molecule has 0 saturated carbocycles. The summed E-state index contributed by atoms with van der Waals surface area (Å²) in [5.74, 6) is 0.825. The molecular formula is C14H11N3OS2. The van der Waals surface area contributed by atoms with Crippen molar-refractivity contribution in [3.05, 3.63) is 52.1 Å². The highest BCUT2D eigenvalue weighted by Gasteiger charge is 2.11. The second-order valence-corrected chi connectivity index (χ2v) is 5.60. The minimum Gasteiger partial charge on any atom is -0.295 e. The maximum Gasteiger partial charge on any atom is 0.200 e. The highest BCUT2D eigenvalue weighted by atomic mass is 32.1. The third kappa shape index (κ3) is 2.23. The third-order valence-electron chi connectivity index (χ3n) is 2.95. The number of rotatable bonds is 3. The van der Waals surface area contributed by atoms with E-state index in [-0.39, 0.29) is 5.78 Å². The summed E-state index contributed by atoms with van der Waals surface area (Å²) in [6.07, 6.45) is 0. The first kappa shape index (κ1) is 13.0. The smallest absolute Gasteiger partial charge is 0.200 e. The van der Waals surface area contributed by atoms with Crippen LogP contribution in [0, 0.1) is 4.77 Å². The second kappa shape index (κ2) is 5.15. The molecule has 3 rings (SSSR count). The molecule has 0 saturated heterocycles. The first-order chi connectivity index (χ1) is 9.66. The maximum atomic E-state index is 11.3. The van der Waals surface area contributed by atoms with E-state index in [1.54, 1.807) is 30.4 Å². The Morgan fingerprint density at radius 1 is 1.30 bits per heavy atom. The molecule has 0 aliphatic heterocycles. The first-order valence-corrected chi connectivity index (χ1v) is 7.28. The number of carbonyl (C=O) groups excluding carboxylic acids is 1. The van der Waals surface area contributed by atoms with Gasteiger partial charge >= 0.3 is 0 Å². The molecule has 6 heteroatoms. The number of benzene rings is 1. The average molecular weight is 301 g/mol. The molecule has 0 spiro atoms. The quantitative estimate of drug-likeness (QED) is 0.590. The van der Waals surface area contributed by atoms with Gasteiger partial charge in [-0.05, 0) is 54.9 Å². The van der Waals surface area contributed by atoms with Crippen molar-refractivity contribution in [3.8, 4) is 16.4 Å². The highest BCUT2D eigenvalue weighted by molar-refractivity contribution is 7.71. The molecule has 3 aromatic rings. The SMILES string of the molecule is CC(=O)c1ccc(-n2c(-c3cccs3)n[nH]c2=S)cc1. The Bertz CT molecular complexity index is 798. The number of hydrogen-bond acceptors (Lipinski definition) is 4. The van der Waals surface area contributed by atoms with Crippen molar-refractivity contribution in [2.45, 2.75) is 6.92 Å². The molecule has 0 atom stereocenters. The molecule has 2 heterocycles. The predicted molar refractivity (Wildman–Crippen MR) is 82.1 cm³/mol. The van der Waals surface area contributed by atoms with E-state index in [2.05, 4.69) is 10.2 Å². The molecule has 4 nitrogen and oxygen atoms in total. The lowest BCUT2D eigenvalue weighted by molar-refractivity contribution is 0.101. The molecule has 100 valence electrons. The van der Waals surface area contributed by atoms with Crippen LogP contribution in [-0.4, -0.2) is 20.5 Å². The lowest BCUT2D eigenvalue weighted by Crippen LogP contribution is -1.98. The summed E-state index contributed by atoms with van der Waals surface area (Å²) in [5, 5.41) is 9.09. The first-order valence-electron chi connectivity index (χ1n) is 5.99. The molecule has 0 bridgehead atoms. The molecule has 2 aromatic heterocycles. The third-order valence-corrected chi connectivity index (χ3v) is 4.09. The fourth-order valence-electron chi connectivity index (χ4n) is 1.95. The number of H-pyrrole nitrogens is 1. The summed E-state index contributed by atoms with van der Waals surface area (Å²) in [7, 11) is 0. The van der Waals surface area contributed by atoms with E-state index < -0.39 is 0 Å². The molecule has 20 heavy (non-hydrogen) atoms. The standard InChI is InChI=1S/C14H11N3OS2/c1-9(18)10-4-6-11(7-5-10)17-13(15-16-14(17)19)12-3-2-8-20-12/h2-8H,1H3,(H,16,19). The van der Waals surface area contributed by atoms with Crippen LogP contribution < -0.4 is 0 Å². The lowest BCUT2D eigenvalue weighted by atomic mass is 10.1. The van der Waals surface area contributed by atoms with Crippen LogP contribution in [0.3, 0.4) is 0 Å². The van der Waals surface area contributed by atoms with Crippen LogP contribution in [0.2, 0.25) is 0 Å². The van der Waals surface area contributed by atoms with E-state index in [1.165, 1.54) is 0 Å². The molecule has 0 aliphatic carbocycles. The monoisotopic (exact) mass is 301 g/mol. The molecule has 1 aromatic carbocycles. The summed E-state index contributed by atoms with van der Waals surface area (Å²) in [6.45, 7) is 1.55. The van der Waals surface area contributed by atoms with Crippen molar-refractivity contribution in [1.82, 2.24) is 14.8 Å². The van der Waals surface area contributed by atoms with Crippen LogP contribution >= 0.6 is 23.6 Å². The Balaban J connectivity index is 2.13. The van der Waals surface area contributed by atoms with E-state index in [4.69, 9.17) is 12.2 Å². The number of nitrogens with one attached hydrogen (secondary N) is 1. The Labute approximate surface area is 124 Å². The van der Waals surface area contributed by atoms with E-state index in [1.807, 2.05) is 34.2 Å². The van der Waals surface area contributed by atoms with Crippen LogP contribution in [0.1, 0.15) is 17.3 Å². The summed E-state index contributed by atoms with van der Waals surface area (Å²) in [4.78, 5) is 12.4. The van der Waals surface area contributed by atoms with Gasteiger partial charge in [0.05, 0.1) is 10.6 Å². The zero-order chi connectivity index (χ0) is 14.1. The van der Waals surface area contributed by atoms with Gasteiger partial charge in [0.15, 0.2) is 16.4 Å². The Hall–Kier alpha value is -2.05. The summed E-state index contributed by atoms with van der Waals surface area (Å²) in [5.41, 5.74) is 1.57. The highest BCUT2D eigenvalue weighted by Crippen LogP contribution is 2.25. The fourth-order valence-corrected chi connectivity index (χ4v) is 2.89. The van der Waals surface area contributed by atoms with Gasteiger partial charge in [0.1, 0.15) is 0 Å². The number of aromatic nitrogens is 3. The van der Waals surface area contributed by atoms with Gasteiger partial charge in [0, 0.05) is 5.56 Å². The van der Waals surface area contributed by atoms with Crippen LogP contribution in [0.4, 0.5) is 0 Å². The number of aromatic amines is 1. The number of thiophene rings is 1. The van der Waals surface area contributed by atoms with E-state index in [0.29, 0.717) is 10.3 Å². The molecular weight excluding hydrogens is 290 g/mol. The average Bonchev–Trinajstić information content (AvgIpc) is 3.07. The summed E-state index contributed by atoms with van der Waals surface area (Å²) >= 11 is 6.90. The van der Waals surface area contributed by atoms with Gasteiger partial charge in [-0.15, -0.1) is 11.3 Å². The van der Waals surface area contributed by atoms with Crippen LogP contribution in [0.5, 0.6) is 0 Å². The molecule has 0 fully saturated rings. The van der Waals surface area contributed by atoms with Gasteiger partial charge in [-0.2, -0.15) is 5.10 Å². The van der Waals surface area contributed by atoms with E-state index in [0.717, 1.165) is 16.4 Å². The van der Waals surface area contributed by atoms with Crippen molar-refractivity contribution in [2.24, 2.45) is 0 Å². The van der Waals surface area contributed by atoms with Crippen molar-refractivity contribution < 1.29 is 4.79 Å². The zero-order valence-corrected chi connectivity index (χ0v) is 12.3. The Kier molecular flexibility index (Phi) is 3.33. The number of hydrogen-bond donors (Lipinski definition) is 1. The number of nitrogens with zero attached hydrogens (tertiary/aromatic N) is 2. The largest absolute Gasteiger partial charge is 0.295 e. The van der Waals surface area contributed by atoms with Crippen molar-refractivity contribution in [3.63, 3.8) is 0 Å². The molecule has 1 N–H and O–H groups in total. The van der Waals surface area contributed by atoms with Gasteiger partial charge in [0.2, 0.25) is 0 Å². The fraction of sp³-hybridized carbons (Fsp3) is 0.0714. The lowest BCUT2D eigenvalue weighted by Gasteiger charge is -2.06. The van der Waals surface area contributed by atoms with Crippen LogP contribution in [0.25, 0.3) is 16.4 Å². The molecule has 0 aliphatic rings. The van der Waals surface area contributed by atoms with Crippen molar-refractivity contribution >= 4 is 29.3 Å². The van der Waals surface area contributed by atoms with Gasteiger partial charge < -0.3 is 0 Å². The number of Topliss-reactive ketones (excluding diaryl/α,β-unsaturated/α-hetero) is 1. The topological polar surface area (TPSA) is 50.7 Å². The van der Waals surface area contributed by atoms with Crippen LogP contribution in [0.15, 0.2) is 41.8 Å².